The Labute approximate surface area is 142 Å². The Kier molecular flexibility index (Phi) is 4.84. The summed E-state index contributed by atoms with van der Waals surface area (Å²) in [5.74, 6) is -0.235. The number of fused-ring (bicyclic) bond motifs is 1. The van der Waals surface area contributed by atoms with E-state index < -0.39 is 0 Å². The van der Waals surface area contributed by atoms with Crippen LogP contribution in [0.15, 0.2) is 48.5 Å². The molecule has 0 bridgehead atoms. The first-order chi connectivity index (χ1) is 11.5. The standard InChI is InChI=1S/C20H23FN2O/c1-14-8-9-17-12-18(21)10-11-19(17)23(14)13-20(24)22-15(2)16-6-4-3-5-7-16/h3-7,10-12,14-15H,8-9,13H2,1-2H3,(H,22,24). The maximum atomic E-state index is 13.4. The molecule has 1 aliphatic heterocycles. The average Bonchev–Trinajstić information content (AvgIpc) is 2.58. The molecule has 0 saturated heterocycles. The van der Waals surface area contributed by atoms with Crippen molar-refractivity contribution in [1.82, 2.24) is 5.32 Å². The van der Waals surface area contributed by atoms with E-state index in [0.29, 0.717) is 0 Å². The number of carbonyl (C=O) groups excluding carboxylic acids is 1. The van der Waals surface area contributed by atoms with Crippen LogP contribution < -0.4 is 10.2 Å². The van der Waals surface area contributed by atoms with E-state index in [2.05, 4.69) is 17.1 Å². The summed E-state index contributed by atoms with van der Waals surface area (Å²) in [5, 5.41) is 3.05. The highest BCUT2D eigenvalue weighted by molar-refractivity contribution is 5.82. The van der Waals surface area contributed by atoms with E-state index in [4.69, 9.17) is 0 Å². The van der Waals surface area contributed by atoms with E-state index in [1.54, 1.807) is 12.1 Å². The van der Waals surface area contributed by atoms with Crippen molar-refractivity contribution in [3.63, 3.8) is 0 Å². The van der Waals surface area contributed by atoms with Gasteiger partial charge in [0.2, 0.25) is 5.91 Å². The first kappa shape index (κ1) is 16.5. The minimum absolute atomic E-state index is 0.0182. The van der Waals surface area contributed by atoms with Gasteiger partial charge in [-0.1, -0.05) is 30.3 Å². The van der Waals surface area contributed by atoms with Crippen molar-refractivity contribution in [2.45, 2.75) is 38.8 Å². The van der Waals surface area contributed by atoms with E-state index in [9.17, 15) is 9.18 Å². The summed E-state index contributed by atoms with van der Waals surface area (Å²) in [6, 6.07) is 15.0. The number of benzene rings is 2. The molecule has 2 aromatic carbocycles. The number of amides is 1. The van der Waals surface area contributed by atoms with E-state index in [1.165, 1.54) is 6.07 Å². The van der Waals surface area contributed by atoms with Gasteiger partial charge < -0.3 is 10.2 Å². The Morgan fingerprint density at radius 2 is 2.04 bits per heavy atom. The summed E-state index contributed by atoms with van der Waals surface area (Å²) in [5.41, 5.74) is 3.04. The zero-order valence-corrected chi connectivity index (χ0v) is 14.1. The fourth-order valence-electron chi connectivity index (χ4n) is 3.30. The van der Waals surface area contributed by atoms with Crippen molar-refractivity contribution in [3.05, 3.63) is 65.5 Å². The number of rotatable bonds is 4. The number of aryl methyl sites for hydroxylation is 1. The molecule has 0 radical (unpaired) electrons. The Morgan fingerprint density at radius 3 is 2.79 bits per heavy atom. The van der Waals surface area contributed by atoms with Gasteiger partial charge in [-0.3, -0.25) is 4.79 Å². The van der Waals surface area contributed by atoms with Crippen LogP contribution in [0.2, 0.25) is 0 Å². The highest BCUT2D eigenvalue weighted by Crippen LogP contribution is 2.31. The van der Waals surface area contributed by atoms with Gasteiger partial charge in [-0.15, -0.1) is 0 Å². The number of halogens is 1. The van der Waals surface area contributed by atoms with Crippen molar-refractivity contribution in [2.24, 2.45) is 0 Å². The molecule has 1 aliphatic rings. The van der Waals surface area contributed by atoms with Gasteiger partial charge in [0, 0.05) is 11.7 Å². The van der Waals surface area contributed by atoms with Crippen LogP contribution in [0.4, 0.5) is 10.1 Å². The quantitative estimate of drug-likeness (QED) is 0.926. The van der Waals surface area contributed by atoms with E-state index in [0.717, 1.165) is 29.7 Å². The van der Waals surface area contributed by atoms with Crippen molar-refractivity contribution in [3.8, 4) is 0 Å². The Morgan fingerprint density at radius 1 is 1.29 bits per heavy atom. The molecule has 2 unspecified atom stereocenters. The summed E-state index contributed by atoms with van der Waals surface area (Å²) in [6.45, 7) is 4.38. The topological polar surface area (TPSA) is 32.3 Å². The van der Waals surface area contributed by atoms with Crippen molar-refractivity contribution < 1.29 is 9.18 Å². The molecule has 126 valence electrons. The summed E-state index contributed by atoms with van der Waals surface area (Å²) in [4.78, 5) is 14.6. The second kappa shape index (κ2) is 7.04. The van der Waals surface area contributed by atoms with Gasteiger partial charge in [-0.2, -0.15) is 0 Å². The summed E-state index contributed by atoms with van der Waals surface area (Å²) in [6.07, 6.45) is 1.78. The lowest BCUT2D eigenvalue weighted by Crippen LogP contribution is -2.44. The van der Waals surface area contributed by atoms with Gasteiger partial charge >= 0.3 is 0 Å². The summed E-state index contributed by atoms with van der Waals surface area (Å²) < 4.78 is 13.4. The third kappa shape index (κ3) is 3.58. The molecular formula is C20H23FN2O. The number of anilines is 1. The molecule has 2 atom stereocenters. The first-order valence-electron chi connectivity index (χ1n) is 8.44. The lowest BCUT2D eigenvalue weighted by atomic mass is 9.96. The van der Waals surface area contributed by atoms with Gasteiger partial charge in [-0.25, -0.2) is 4.39 Å². The second-order valence-corrected chi connectivity index (χ2v) is 6.49. The van der Waals surface area contributed by atoms with Gasteiger partial charge in [0.1, 0.15) is 5.82 Å². The fourth-order valence-corrected chi connectivity index (χ4v) is 3.30. The number of nitrogens with one attached hydrogen (secondary N) is 1. The maximum Gasteiger partial charge on any atom is 0.240 e. The molecule has 0 aliphatic carbocycles. The average molecular weight is 326 g/mol. The molecule has 4 heteroatoms. The van der Waals surface area contributed by atoms with E-state index >= 15 is 0 Å². The number of hydrogen-bond donors (Lipinski definition) is 1. The molecule has 1 N–H and O–H groups in total. The molecule has 24 heavy (non-hydrogen) atoms. The van der Waals surface area contributed by atoms with Crippen LogP contribution in [0.5, 0.6) is 0 Å². The van der Waals surface area contributed by atoms with Gasteiger partial charge in [0.05, 0.1) is 12.6 Å². The van der Waals surface area contributed by atoms with Crippen LogP contribution in [-0.2, 0) is 11.2 Å². The predicted octanol–water partition coefficient (Wildman–Crippen LogP) is 3.84. The molecule has 3 nitrogen and oxygen atoms in total. The molecule has 0 spiro atoms. The van der Waals surface area contributed by atoms with Gasteiger partial charge in [-0.05, 0) is 56.0 Å². The van der Waals surface area contributed by atoms with Crippen LogP contribution >= 0.6 is 0 Å². The largest absolute Gasteiger partial charge is 0.359 e. The minimum Gasteiger partial charge on any atom is -0.359 e. The molecule has 0 aromatic heterocycles. The normalized spacial score (nSPS) is 18.0. The van der Waals surface area contributed by atoms with Gasteiger partial charge in [0.15, 0.2) is 0 Å². The minimum atomic E-state index is -0.217. The zero-order chi connectivity index (χ0) is 17.1. The Balaban J connectivity index is 1.70. The van der Waals surface area contributed by atoms with E-state index in [1.807, 2.05) is 37.3 Å². The van der Waals surface area contributed by atoms with Crippen LogP contribution in [-0.4, -0.2) is 18.5 Å². The smallest absolute Gasteiger partial charge is 0.240 e. The predicted molar refractivity (Wildman–Crippen MR) is 94.5 cm³/mol. The molecular weight excluding hydrogens is 303 g/mol. The third-order valence-electron chi connectivity index (χ3n) is 4.71. The lowest BCUT2D eigenvalue weighted by molar-refractivity contribution is -0.120. The second-order valence-electron chi connectivity index (χ2n) is 6.49. The molecule has 1 amide bonds. The number of hydrogen-bond acceptors (Lipinski definition) is 2. The fraction of sp³-hybridized carbons (Fsp3) is 0.350. The monoisotopic (exact) mass is 326 g/mol. The van der Waals surface area contributed by atoms with Crippen molar-refractivity contribution >= 4 is 11.6 Å². The summed E-state index contributed by atoms with van der Waals surface area (Å²) in [7, 11) is 0. The number of nitrogens with zero attached hydrogens (tertiary/aromatic N) is 1. The summed E-state index contributed by atoms with van der Waals surface area (Å²) >= 11 is 0. The molecule has 2 aromatic rings. The number of carbonyl (C=O) groups is 1. The highest BCUT2D eigenvalue weighted by atomic mass is 19.1. The molecule has 0 saturated carbocycles. The Bertz CT molecular complexity index is 717. The lowest BCUT2D eigenvalue weighted by Gasteiger charge is -2.36. The van der Waals surface area contributed by atoms with E-state index in [-0.39, 0.29) is 30.4 Å². The van der Waals surface area contributed by atoms with Crippen molar-refractivity contribution in [1.29, 1.82) is 0 Å². The zero-order valence-electron chi connectivity index (χ0n) is 14.1. The van der Waals surface area contributed by atoms with Crippen LogP contribution in [0.25, 0.3) is 0 Å². The molecule has 0 fully saturated rings. The maximum absolute atomic E-state index is 13.4. The third-order valence-corrected chi connectivity index (χ3v) is 4.71. The van der Waals surface area contributed by atoms with Crippen molar-refractivity contribution in [2.75, 3.05) is 11.4 Å². The first-order valence-corrected chi connectivity index (χ1v) is 8.44. The van der Waals surface area contributed by atoms with Gasteiger partial charge in [0.25, 0.3) is 0 Å². The molecule has 3 rings (SSSR count). The highest BCUT2D eigenvalue weighted by Gasteiger charge is 2.25. The van der Waals surface area contributed by atoms with Crippen LogP contribution in [0, 0.1) is 5.82 Å². The Hall–Kier alpha value is -2.36. The SMILES string of the molecule is CC(NC(=O)CN1c2ccc(F)cc2CCC1C)c1ccccc1. The van der Waals surface area contributed by atoms with Crippen LogP contribution in [0.1, 0.15) is 37.4 Å². The molecule has 1 heterocycles. The van der Waals surface area contributed by atoms with Crippen LogP contribution in [0.3, 0.4) is 0 Å².